The topological polar surface area (TPSA) is 3.24 Å². The van der Waals surface area contributed by atoms with Gasteiger partial charge in [-0.1, -0.05) is 84.5 Å². The molecule has 0 aromatic heterocycles. The molecule has 0 spiro atoms. The molecule has 1 heterocycles. The molecule has 1 rings (SSSR count). The number of unbranched alkanes of at least 4 members (excludes halogenated alkanes) is 8. The first-order valence-electron chi connectivity index (χ1n) is 10.1. The molecule has 1 nitrogen and oxygen atoms in total. The lowest BCUT2D eigenvalue weighted by molar-refractivity contribution is 0.142. The molecule has 0 atom stereocenters. The number of nitrogens with zero attached hydrogens (tertiary/aromatic N) is 1. The van der Waals surface area contributed by atoms with E-state index in [2.05, 4.69) is 18.7 Å². The van der Waals surface area contributed by atoms with E-state index in [0.29, 0.717) is 0 Å². The highest BCUT2D eigenvalue weighted by atomic mass is 15.2. The van der Waals surface area contributed by atoms with E-state index in [9.17, 15) is 0 Å². The molecule has 21 heavy (non-hydrogen) atoms. The fraction of sp³-hybridized carbons (Fsp3) is 1.00. The van der Waals surface area contributed by atoms with E-state index in [0.717, 1.165) is 6.04 Å². The molecule has 0 saturated carbocycles. The van der Waals surface area contributed by atoms with E-state index >= 15 is 0 Å². The van der Waals surface area contributed by atoms with Gasteiger partial charge in [-0.25, -0.2) is 0 Å². The van der Waals surface area contributed by atoms with Crippen LogP contribution in [0.5, 0.6) is 0 Å². The molecule has 0 aliphatic carbocycles. The van der Waals surface area contributed by atoms with Crippen molar-refractivity contribution in [1.82, 2.24) is 4.90 Å². The first-order valence-corrected chi connectivity index (χ1v) is 10.1. The van der Waals surface area contributed by atoms with Crippen LogP contribution in [0.1, 0.15) is 110 Å². The van der Waals surface area contributed by atoms with Crippen molar-refractivity contribution in [1.29, 1.82) is 0 Å². The third kappa shape index (κ3) is 9.55. The summed E-state index contributed by atoms with van der Waals surface area (Å²) in [5.74, 6) is 0. The summed E-state index contributed by atoms with van der Waals surface area (Å²) in [6.07, 6.45) is 21.7. The minimum Gasteiger partial charge on any atom is -0.300 e. The first-order chi connectivity index (χ1) is 10.4. The third-order valence-corrected chi connectivity index (χ3v) is 5.19. The minimum atomic E-state index is 0.911. The number of hydrogen-bond donors (Lipinski definition) is 0. The van der Waals surface area contributed by atoms with E-state index in [-0.39, 0.29) is 0 Å². The van der Waals surface area contributed by atoms with Crippen LogP contribution in [0, 0.1) is 0 Å². The van der Waals surface area contributed by atoms with E-state index in [1.54, 1.807) is 0 Å². The van der Waals surface area contributed by atoms with Gasteiger partial charge in [-0.3, -0.25) is 0 Å². The van der Waals surface area contributed by atoms with Gasteiger partial charge in [0.25, 0.3) is 0 Å². The van der Waals surface area contributed by atoms with Crippen LogP contribution in [0.3, 0.4) is 0 Å². The zero-order valence-corrected chi connectivity index (χ0v) is 15.0. The molecule has 1 aliphatic heterocycles. The summed E-state index contributed by atoms with van der Waals surface area (Å²) in [5.41, 5.74) is 0. The Kier molecular flexibility index (Phi) is 12.3. The predicted molar refractivity (Wildman–Crippen MR) is 96.0 cm³/mol. The molecule has 1 heteroatoms. The van der Waals surface area contributed by atoms with E-state index in [1.165, 1.54) is 109 Å². The van der Waals surface area contributed by atoms with Crippen LogP contribution in [0.15, 0.2) is 0 Å². The van der Waals surface area contributed by atoms with E-state index < -0.39 is 0 Å². The predicted octanol–water partition coefficient (Wildman–Crippen LogP) is 6.56. The van der Waals surface area contributed by atoms with Gasteiger partial charge in [-0.05, 0) is 38.8 Å². The molecule has 0 unspecified atom stereocenters. The Hall–Kier alpha value is -0.0400. The van der Waals surface area contributed by atoms with E-state index in [4.69, 9.17) is 0 Å². The van der Waals surface area contributed by atoms with Crippen LogP contribution in [0.4, 0.5) is 0 Å². The van der Waals surface area contributed by atoms with Gasteiger partial charge in [0.2, 0.25) is 0 Å². The Bertz CT molecular complexity index is 194. The maximum absolute atomic E-state index is 2.84. The van der Waals surface area contributed by atoms with Gasteiger partial charge in [0, 0.05) is 6.04 Å². The van der Waals surface area contributed by atoms with Crippen molar-refractivity contribution in [3.63, 3.8) is 0 Å². The monoisotopic (exact) mass is 295 g/mol. The Morgan fingerprint density at radius 2 is 1.10 bits per heavy atom. The highest BCUT2D eigenvalue weighted by molar-refractivity contribution is 4.75. The van der Waals surface area contributed by atoms with Crippen LogP contribution in [-0.2, 0) is 0 Å². The first kappa shape index (κ1) is 19.0. The van der Waals surface area contributed by atoms with Crippen molar-refractivity contribution in [2.75, 3.05) is 13.1 Å². The molecule has 0 amide bonds. The average Bonchev–Trinajstić information content (AvgIpc) is 2.53. The highest BCUT2D eigenvalue weighted by Gasteiger charge is 2.19. The number of hydrogen-bond acceptors (Lipinski definition) is 1. The molecule has 0 bridgehead atoms. The normalized spacial score (nSPS) is 16.7. The fourth-order valence-corrected chi connectivity index (χ4v) is 3.76. The largest absolute Gasteiger partial charge is 0.300 e. The minimum absolute atomic E-state index is 0.911. The van der Waals surface area contributed by atoms with Gasteiger partial charge < -0.3 is 4.90 Å². The Morgan fingerprint density at radius 1 is 0.619 bits per heavy atom. The fourth-order valence-electron chi connectivity index (χ4n) is 3.76. The van der Waals surface area contributed by atoms with Gasteiger partial charge in [-0.2, -0.15) is 0 Å². The molecule has 1 aliphatic rings. The third-order valence-electron chi connectivity index (χ3n) is 5.19. The summed E-state index contributed by atoms with van der Waals surface area (Å²) in [5, 5.41) is 0. The second-order valence-electron chi connectivity index (χ2n) is 7.16. The van der Waals surface area contributed by atoms with Crippen molar-refractivity contribution >= 4 is 0 Å². The van der Waals surface area contributed by atoms with Crippen LogP contribution < -0.4 is 0 Å². The smallest absolute Gasteiger partial charge is 0.00952 e. The molecule has 0 N–H and O–H groups in total. The summed E-state index contributed by atoms with van der Waals surface area (Å²) < 4.78 is 0. The SMILES string of the molecule is CCCCCCCC(CCCCCCC)N1CCCCC1. The highest BCUT2D eigenvalue weighted by Crippen LogP contribution is 2.21. The van der Waals surface area contributed by atoms with Crippen molar-refractivity contribution in [2.24, 2.45) is 0 Å². The summed E-state index contributed by atoms with van der Waals surface area (Å²) in [6, 6.07) is 0.911. The quantitative estimate of drug-likeness (QED) is 0.348. The number of rotatable bonds is 13. The zero-order chi connectivity index (χ0) is 15.2. The van der Waals surface area contributed by atoms with Gasteiger partial charge in [0.05, 0.1) is 0 Å². The van der Waals surface area contributed by atoms with E-state index in [1.807, 2.05) is 0 Å². The standard InChI is InChI=1S/C20H41N/c1-3-5-7-9-12-16-20(17-13-10-8-6-4-2)21-18-14-11-15-19-21/h20H,3-19H2,1-2H3. The summed E-state index contributed by atoms with van der Waals surface area (Å²) in [7, 11) is 0. The van der Waals surface area contributed by atoms with Crippen molar-refractivity contribution in [3.8, 4) is 0 Å². The number of likely N-dealkylation sites (tertiary alicyclic amines) is 1. The Balaban J connectivity index is 2.20. The summed E-state index contributed by atoms with van der Waals surface area (Å²) >= 11 is 0. The maximum atomic E-state index is 2.84. The van der Waals surface area contributed by atoms with Gasteiger partial charge in [-0.15, -0.1) is 0 Å². The molecule has 1 fully saturated rings. The zero-order valence-electron chi connectivity index (χ0n) is 15.0. The maximum Gasteiger partial charge on any atom is 0.00952 e. The van der Waals surface area contributed by atoms with Crippen LogP contribution in [0.25, 0.3) is 0 Å². The molecular weight excluding hydrogens is 254 g/mol. The molecule has 126 valence electrons. The molecule has 1 saturated heterocycles. The van der Waals surface area contributed by atoms with Crippen molar-refractivity contribution < 1.29 is 0 Å². The van der Waals surface area contributed by atoms with Crippen LogP contribution >= 0.6 is 0 Å². The van der Waals surface area contributed by atoms with Crippen LogP contribution in [0.2, 0.25) is 0 Å². The molecule has 0 radical (unpaired) electrons. The van der Waals surface area contributed by atoms with Crippen LogP contribution in [-0.4, -0.2) is 24.0 Å². The van der Waals surface area contributed by atoms with Gasteiger partial charge in [0.15, 0.2) is 0 Å². The molecule has 0 aromatic rings. The lowest BCUT2D eigenvalue weighted by atomic mass is 9.97. The lowest BCUT2D eigenvalue weighted by Gasteiger charge is -2.35. The summed E-state index contributed by atoms with van der Waals surface area (Å²) in [6.45, 7) is 7.39. The molecular formula is C20H41N. The summed E-state index contributed by atoms with van der Waals surface area (Å²) in [4.78, 5) is 2.84. The Morgan fingerprint density at radius 3 is 1.57 bits per heavy atom. The molecule has 0 aromatic carbocycles. The average molecular weight is 296 g/mol. The lowest BCUT2D eigenvalue weighted by Crippen LogP contribution is -2.39. The second-order valence-corrected chi connectivity index (χ2v) is 7.16. The van der Waals surface area contributed by atoms with Crippen molar-refractivity contribution in [3.05, 3.63) is 0 Å². The van der Waals surface area contributed by atoms with Gasteiger partial charge >= 0.3 is 0 Å². The number of piperidine rings is 1. The van der Waals surface area contributed by atoms with Gasteiger partial charge in [0.1, 0.15) is 0 Å². The Labute approximate surface area is 134 Å². The second kappa shape index (κ2) is 13.6. The van der Waals surface area contributed by atoms with Crippen molar-refractivity contribution in [2.45, 2.75) is 116 Å².